The molecule has 28 heavy (non-hydrogen) atoms. The molecule has 1 amide bonds. The van der Waals surface area contributed by atoms with Crippen molar-refractivity contribution in [1.29, 1.82) is 0 Å². The molecule has 0 bridgehead atoms. The molecule has 1 fully saturated rings. The van der Waals surface area contributed by atoms with Gasteiger partial charge in [-0.2, -0.15) is 4.31 Å². The second-order valence-corrected chi connectivity index (χ2v) is 9.47. The Hall–Kier alpha value is -2.51. The van der Waals surface area contributed by atoms with Crippen LogP contribution in [0, 0.1) is 13.8 Å². The van der Waals surface area contributed by atoms with E-state index in [1.165, 1.54) is 4.31 Å². The number of amides is 1. The van der Waals surface area contributed by atoms with Crippen LogP contribution in [-0.4, -0.2) is 43.1 Å². The smallest absolute Gasteiger partial charge is 0.272 e. The van der Waals surface area contributed by atoms with Gasteiger partial charge in [-0.1, -0.05) is 41.5 Å². The highest BCUT2D eigenvalue weighted by Crippen LogP contribution is 2.31. The van der Waals surface area contributed by atoms with Crippen molar-refractivity contribution in [2.24, 2.45) is 4.99 Å². The summed E-state index contributed by atoms with van der Waals surface area (Å²) in [7, 11) is -3.54. The van der Waals surface area contributed by atoms with Gasteiger partial charge in [-0.15, -0.1) is 0 Å². The van der Waals surface area contributed by atoms with Crippen LogP contribution in [-0.2, 0) is 14.8 Å². The third kappa shape index (κ3) is 3.36. The van der Waals surface area contributed by atoms with E-state index in [4.69, 9.17) is 4.99 Å². The number of nitrogens with one attached hydrogen (secondary N) is 1. The highest BCUT2D eigenvalue weighted by atomic mass is 32.2. The molecule has 0 unspecified atom stereocenters. The number of rotatable bonds is 3. The first kappa shape index (κ1) is 18.8. The zero-order chi connectivity index (χ0) is 19.9. The second kappa shape index (κ2) is 6.83. The summed E-state index contributed by atoms with van der Waals surface area (Å²) in [5, 5.41) is 2.99. The van der Waals surface area contributed by atoms with Gasteiger partial charge >= 0.3 is 0 Å². The molecule has 6 nitrogen and oxygen atoms in total. The van der Waals surface area contributed by atoms with Gasteiger partial charge in [0.2, 0.25) is 10.0 Å². The van der Waals surface area contributed by atoms with Gasteiger partial charge in [-0.05, 0) is 32.0 Å². The number of nitrogens with zero attached hydrogens (tertiary/aromatic N) is 2. The topological polar surface area (TPSA) is 78.8 Å². The molecule has 2 aliphatic rings. The molecule has 2 heterocycles. The van der Waals surface area contributed by atoms with Crippen LogP contribution in [0.3, 0.4) is 0 Å². The molecule has 1 spiro atoms. The molecule has 146 valence electrons. The van der Waals surface area contributed by atoms with Crippen molar-refractivity contribution in [2.45, 2.75) is 37.2 Å². The lowest BCUT2D eigenvalue weighted by Gasteiger charge is -2.36. The van der Waals surface area contributed by atoms with Crippen LogP contribution in [0.25, 0.3) is 0 Å². The third-order valence-electron chi connectivity index (χ3n) is 5.39. The van der Waals surface area contributed by atoms with Gasteiger partial charge in [-0.3, -0.25) is 9.79 Å². The summed E-state index contributed by atoms with van der Waals surface area (Å²) in [6.45, 7) is 4.54. The molecule has 0 aliphatic carbocycles. The third-order valence-corrected chi connectivity index (χ3v) is 7.30. The van der Waals surface area contributed by atoms with E-state index in [1.807, 2.05) is 38.1 Å². The van der Waals surface area contributed by atoms with Crippen molar-refractivity contribution in [3.05, 3.63) is 65.2 Å². The van der Waals surface area contributed by atoms with Gasteiger partial charge in [-0.25, -0.2) is 8.42 Å². The molecule has 1 N–H and O–H groups in total. The molecular formula is C21H23N3O3S. The molecule has 4 rings (SSSR count). The molecule has 7 heteroatoms. The minimum Gasteiger partial charge on any atom is -0.326 e. The Balaban J connectivity index is 1.54. The Bertz CT molecular complexity index is 1050. The zero-order valence-corrected chi connectivity index (χ0v) is 16.8. The number of carbonyl (C=O) groups is 1. The van der Waals surface area contributed by atoms with E-state index in [1.54, 1.807) is 24.3 Å². The molecule has 0 radical (unpaired) electrons. The van der Waals surface area contributed by atoms with Crippen LogP contribution in [0.1, 0.15) is 29.5 Å². The Morgan fingerprint density at radius 3 is 2.32 bits per heavy atom. The van der Waals surface area contributed by atoms with Crippen molar-refractivity contribution in [3.8, 4) is 0 Å². The molecular weight excluding hydrogens is 374 g/mol. The number of benzene rings is 2. The molecule has 2 aromatic rings. The predicted octanol–water partition coefficient (Wildman–Crippen LogP) is 2.40. The minimum atomic E-state index is -3.54. The van der Waals surface area contributed by atoms with Crippen molar-refractivity contribution in [2.75, 3.05) is 13.1 Å². The number of piperidine rings is 1. The van der Waals surface area contributed by atoms with E-state index in [0.29, 0.717) is 36.5 Å². The number of hydrogen-bond donors (Lipinski definition) is 1. The second-order valence-electron chi connectivity index (χ2n) is 7.53. The van der Waals surface area contributed by atoms with Crippen LogP contribution in [0.5, 0.6) is 0 Å². The van der Waals surface area contributed by atoms with Gasteiger partial charge in [0.05, 0.1) is 4.90 Å². The van der Waals surface area contributed by atoms with Gasteiger partial charge in [0.15, 0.2) is 0 Å². The fourth-order valence-electron chi connectivity index (χ4n) is 3.74. The summed E-state index contributed by atoms with van der Waals surface area (Å²) in [4.78, 5) is 17.5. The first-order valence-corrected chi connectivity index (χ1v) is 10.8. The number of sulfonamides is 1. The van der Waals surface area contributed by atoms with Crippen LogP contribution in [0.2, 0.25) is 0 Å². The average molecular weight is 398 g/mol. The molecule has 0 atom stereocenters. The maximum Gasteiger partial charge on any atom is 0.272 e. The monoisotopic (exact) mass is 397 g/mol. The Morgan fingerprint density at radius 2 is 1.68 bits per heavy atom. The van der Waals surface area contributed by atoms with E-state index in [0.717, 1.165) is 16.7 Å². The first-order chi connectivity index (χ1) is 13.3. The molecule has 0 aromatic heterocycles. The van der Waals surface area contributed by atoms with Crippen molar-refractivity contribution in [3.63, 3.8) is 0 Å². The van der Waals surface area contributed by atoms with E-state index in [-0.39, 0.29) is 5.91 Å². The Kier molecular flexibility index (Phi) is 4.59. The lowest BCUT2D eigenvalue weighted by molar-refractivity contribution is -0.115. The highest BCUT2D eigenvalue weighted by molar-refractivity contribution is 7.89. The molecule has 2 aliphatic heterocycles. The number of aliphatic imine (C=N–C) groups is 1. The Morgan fingerprint density at radius 1 is 1.00 bits per heavy atom. The van der Waals surface area contributed by atoms with Crippen LogP contribution >= 0.6 is 0 Å². The zero-order valence-electron chi connectivity index (χ0n) is 16.0. The van der Waals surface area contributed by atoms with Gasteiger partial charge in [0.1, 0.15) is 11.4 Å². The number of carbonyl (C=O) groups excluding carboxylic acids is 1. The Labute approximate surface area is 165 Å². The molecule has 2 aromatic carbocycles. The van der Waals surface area contributed by atoms with Crippen molar-refractivity contribution >= 4 is 21.6 Å². The average Bonchev–Trinajstić information content (AvgIpc) is 2.98. The van der Waals surface area contributed by atoms with E-state index in [9.17, 15) is 13.2 Å². The van der Waals surface area contributed by atoms with Crippen LogP contribution in [0.4, 0.5) is 0 Å². The minimum absolute atomic E-state index is 0.194. The predicted molar refractivity (Wildman–Crippen MR) is 108 cm³/mol. The standard InChI is InChI=1S/C21H23N3O3S/c1-15-6-8-18(9-7-15)28(26,27)24-12-10-21(11-13-24)22-19(20(25)23-21)17-5-3-4-16(2)14-17/h3-9,14H,10-13H2,1-2H3,(H,23,25). The summed E-state index contributed by atoms with van der Waals surface area (Å²) in [5.41, 5.74) is 2.59. The van der Waals surface area contributed by atoms with Crippen molar-refractivity contribution < 1.29 is 13.2 Å². The van der Waals surface area contributed by atoms with Gasteiger partial charge < -0.3 is 5.32 Å². The maximum atomic E-state index is 12.9. The van der Waals surface area contributed by atoms with Gasteiger partial charge in [0, 0.05) is 31.5 Å². The fraction of sp³-hybridized carbons (Fsp3) is 0.333. The fourth-order valence-corrected chi connectivity index (χ4v) is 5.19. The van der Waals surface area contributed by atoms with Crippen molar-refractivity contribution in [1.82, 2.24) is 9.62 Å². The number of aryl methyl sites for hydroxylation is 2. The van der Waals surface area contributed by atoms with Gasteiger partial charge in [0.25, 0.3) is 5.91 Å². The maximum absolute atomic E-state index is 12.9. The lowest BCUT2D eigenvalue weighted by Crippen LogP contribution is -2.52. The summed E-state index contributed by atoms with van der Waals surface area (Å²) < 4.78 is 27.3. The largest absolute Gasteiger partial charge is 0.326 e. The quantitative estimate of drug-likeness (QED) is 0.864. The van der Waals surface area contributed by atoms with Crippen LogP contribution in [0.15, 0.2) is 58.4 Å². The first-order valence-electron chi connectivity index (χ1n) is 9.35. The van der Waals surface area contributed by atoms with E-state index >= 15 is 0 Å². The highest BCUT2D eigenvalue weighted by Gasteiger charge is 2.44. The molecule has 1 saturated heterocycles. The molecule has 0 saturated carbocycles. The summed E-state index contributed by atoms with van der Waals surface area (Å²) in [6.07, 6.45) is 0.915. The van der Waals surface area contributed by atoms with Crippen LogP contribution < -0.4 is 5.32 Å². The normalized spacial score (nSPS) is 19.5. The summed E-state index contributed by atoms with van der Waals surface area (Å²) in [5.74, 6) is -0.194. The van der Waals surface area contributed by atoms with E-state index < -0.39 is 15.7 Å². The lowest BCUT2D eigenvalue weighted by atomic mass is 10.00. The summed E-state index contributed by atoms with van der Waals surface area (Å²) >= 11 is 0. The number of hydrogen-bond acceptors (Lipinski definition) is 4. The van der Waals surface area contributed by atoms with E-state index in [2.05, 4.69) is 5.32 Å². The summed E-state index contributed by atoms with van der Waals surface area (Å²) in [6, 6.07) is 14.6. The SMILES string of the molecule is Cc1ccc(S(=O)(=O)N2CCC3(CC2)N=C(c2cccc(C)c2)C(=O)N3)cc1.